The average molecular weight is 554 g/mol. The van der Waals surface area contributed by atoms with Crippen LogP contribution in [-0.4, -0.2) is 37.2 Å². The Morgan fingerprint density at radius 3 is 2.18 bits per heavy atom. The molecule has 0 aliphatic heterocycles. The molecule has 1 saturated carbocycles. The van der Waals surface area contributed by atoms with Crippen molar-refractivity contribution < 1.29 is 18.0 Å². The molecule has 2 amide bonds. The Morgan fingerprint density at radius 1 is 0.921 bits per heavy atom. The molecule has 4 rings (SSSR count). The highest BCUT2D eigenvalue weighted by Crippen LogP contribution is 2.22. The van der Waals surface area contributed by atoms with E-state index in [0.29, 0.717) is 18.0 Å². The molecular weight excluding hydrogens is 522 g/mol. The van der Waals surface area contributed by atoms with Gasteiger partial charge in [0.25, 0.3) is 0 Å². The summed E-state index contributed by atoms with van der Waals surface area (Å²) in [6.45, 7) is 2.36. The summed E-state index contributed by atoms with van der Waals surface area (Å²) in [6, 6.07) is 22.7. The number of sulfonamides is 1. The lowest BCUT2D eigenvalue weighted by atomic mass is 10.1. The standard InChI is InChI=1S/C29H32ClN3O4S/c1-21(29(35)31-19-23-5-3-2-4-6-23)33(20-24-7-12-25(30)13-8-24)28(34)18-11-22-9-16-27(17-10-22)38(36,37)32-26-14-15-26/h2-10,12-13,16-17,21,26,32H,11,14-15,18-20H2,1H3,(H,31,35)/t21-/m1/s1. The molecule has 1 fully saturated rings. The van der Waals surface area contributed by atoms with Crippen LogP contribution < -0.4 is 10.0 Å². The second-order valence-corrected chi connectivity index (χ2v) is 11.7. The van der Waals surface area contributed by atoms with Crippen LogP contribution in [0.25, 0.3) is 0 Å². The zero-order valence-electron chi connectivity index (χ0n) is 21.3. The van der Waals surface area contributed by atoms with Crippen molar-refractivity contribution in [2.24, 2.45) is 0 Å². The van der Waals surface area contributed by atoms with Crippen LogP contribution in [0.3, 0.4) is 0 Å². The second-order valence-electron chi connectivity index (χ2n) is 9.57. The molecule has 0 radical (unpaired) electrons. The number of amides is 2. The molecule has 1 aliphatic carbocycles. The minimum atomic E-state index is -3.52. The fourth-order valence-electron chi connectivity index (χ4n) is 4.02. The van der Waals surface area contributed by atoms with E-state index in [1.165, 1.54) is 0 Å². The van der Waals surface area contributed by atoms with Crippen molar-refractivity contribution >= 4 is 33.4 Å². The number of nitrogens with zero attached hydrogens (tertiary/aromatic N) is 1. The fraction of sp³-hybridized carbons (Fsp3) is 0.310. The number of rotatable bonds is 12. The van der Waals surface area contributed by atoms with Crippen LogP contribution in [-0.2, 0) is 39.1 Å². The number of aryl methyl sites for hydroxylation is 1. The van der Waals surface area contributed by atoms with Crippen molar-refractivity contribution in [3.05, 3.63) is 101 Å². The van der Waals surface area contributed by atoms with Crippen molar-refractivity contribution in [2.45, 2.75) is 62.7 Å². The Labute approximate surface area is 229 Å². The predicted molar refractivity (Wildman–Crippen MR) is 148 cm³/mol. The third-order valence-electron chi connectivity index (χ3n) is 6.50. The van der Waals surface area contributed by atoms with Gasteiger partial charge in [-0.2, -0.15) is 0 Å². The Hall–Kier alpha value is -3.20. The largest absolute Gasteiger partial charge is 0.350 e. The lowest BCUT2D eigenvalue weighted by Gasteiger charge is -2.29. The molecule has 200 valence electrons. The van der Waals surface area contributed by atoms with E-state index in [-0.39, 0.29) is 35.7 Å². The van der Waals surface area contributed by atoms with Gasteiger partial charge in [-0.3, -0.25) is 9.59 Å². The van der Waals surface area contributed by atoms with Gasteiger partial charge in [-0.05, 0) is 67.1 Å². The smallest absolute Gasteiger partial charge is 0.242 e. The molecule has 0 saturated heterocycles. The normalized spacial score (nSPS) is 14.1. The maximum Gasteiger partial charge on any atom is 0.242 e. The molecule has 38 heavy (non-hydrogen) atoms. The lowest BCUT2D eigenvalue weighted by molar-refractivity contribution is -0.140. The predicted octanol–water partition coefficient (Wildman–Crippen LogP) is 4.45. The zero-order valence-corrected chi connectivity index (χ0v) is 22.8. The molecule has 3 aromatic rings. The van der Waals surface area contributed by atoms with Crippen molar-refractivity contribution in [1.29, 1.82) is 0 Å². The minimum Gasteiger partial charge on any atom is -0.350 e. The van der Waals surface area contributed by atoms with Gasteiger partial charge in [-0.1, -0.05) is 66.2 Å². The Morgan fingerprint density at radius 2 is 1.55 bits per heavy atom. The number of benzene rings is 3. The van der Waals surface area contributed by atoms with E-state index in [9.17, 15) is 18.0 Å². The van der Waals surface area contributed by atoms with Crippen LogP contribution in [0, 0.1) is 0 Å². The SMILES string of the molecule is C[C@H](C(=O)NCc1ccccc1)N(Cc1ccc(Cl)cc1)C(=O)CCc1ccc(S(=O)(=O)NC2CC2)cc1. The van der Waals surface area contributed by atoms with Gasteiger partial charge in [0.05, 0.1) is 4.90 Å². The molecule has 3 aromatic carbocycles. The molecule has 7 nitrogen and oxygen atoms in total. The van der Waals surface area contributed by atoms with Crippen molar-refractivity contribution in [1.82, 2.24) is 14.9 Å². The Kier molecular flexibility index (Phi) is 9.20. The summed E-state index contributed by atoms with van der Waals surface area (Å²) in [5.74, 6) is -0.414. The summed E-state index contributed by atoms with van der Waals surface area (Å²) in [7, 11) is -3.52. The summed E-state index contributed by atoms with van der Waals surface area (Å²) in [6.07, 6.45) is 2.34. The first-order valence-corrected chi connectivity index (χ1v) is 14.5. The summed E-state index contributed by atoms with van der Waals surface area (Å²) < 4.78 is 27.5. The van der Waals surface area contributed by atoms with Crippen molar-refractivity contribution in [3.8, 4) is 0 Å². The van der Waals surface area contributed by atoms with Crippen LogP contribution in [0.1, 0.15) is 42.9 Å². The van der Waals surface area contributed by atoms with Gasteiger partial charge in [0.1, 0.15) is 6.04 Å². The van der Waals surface area contributed by atoms with Crippen LogP contribution in [0.15, 0.2) is 83.8 Å². The van der Waals surface area contributed by atoms with Gasteiger partial charge in [0.15, 0.2) is 0 Å². The van der Waals surface area contributed by atoms with Gasteiger partial charge >= 0.3 is 0 Å². The summed E-state index contributed by atoms with van der Waals surface area (Å²) in [5, 5.41) is 3.52. The van der Waals surface area contributed by atoms with E-state index in [1.54, 1.807) is 48.2 Å². The highest BCUT2D eigenvalue weighted by atomic mass is 35.5. The average Bonchev–Trinajstić information content (AvgIpc) is 3.74. The van der Waals surface area contributed by atoms with E-state index in [0.717, 1.165) is 29.5 Å². The topological polar surface area (TPSA) is 95.6 Å². The lowest BCUT2D eigenvalue weighted by Crippen LogP contribution is -2.47. The highest BCUT2D eigenvalue weighted by molar-refractivity contribution is 7.89. The molecule has 0 spiro atoms. The highest BCUT2D eigenvalue weighted by Gasteiger charge is 2.28. The third-order valence-corrected chi connectivity index (χ3v) is 8.29. The number of halogens is 1. The number of hydrogen-bond acceptors (Lipinski definition) is 4. The van der Waals surface area contributed by atoms with E-state index >= 15 is 0 Å². The second kappa shape index (κ2) is 12.6. The number of nitrogens with one attached hydrogen (secondary N) is 2. The monoisotopic (exact) mass is 553 g/mol. The van der Waals surface area contributed by atoms with E-state index < -0.39 is 16.1 Å². The van der Waals surface area contributed by atoms with Crippen LogP contribution in [0.5, 0.6) is 0 Å². The van der Waals surface area contributed by atoms with Gasteiger partial charge in [-0.15, -0.1) is 0 Å². The molecule has 1 atom stereocenters. The van der Waals surface area contributed by atoms with Crippen LogP contribution in [0.2, 0.25) is 5.02 Å². The number of hydrogen-bond donors (Lipinski definition) is 2. The summed E-state index contributed by atoms with van der Waals surface area (Å²) in [5.41, 5.74) is 2.68. The van der Waals surface area contributed by atoms with Gasteiger partial charge in [-0.25, -0.2) is 13.1 Å². The zero-order chi connectivity index (χ0) is 27.1. The van der Waals surface area contributed by atoms with Gasteiger partial charge in [0.2, 0.25) is 21.8 Å². The maximum atomic E-state index is 13.4. The van der Waals surface area contributed by atoms with Crippen LogP contribution in [0.4, 0.5) is 0 Å². The first kappa shape index (κ1) is 27.8. The molecule has 1 aliphatic rings. The van der Waals surface area contributed by atoms with E-state index in [4.69, 9.17) is 11.6 Å². The van der Waals surface area contributed by atoms with Crippen molar-refractivity contribution in [2.75, 3.05) is 0 Å². The third kappa shape index (κ3) is 7.90. The first-order valence-electron chi connectivity index (χ1n) is 12.7. The summed E-state index contributed by atoms with van der Waals surface area (Å²) in [4.78, 5) is 28.2. The minimum absolute atomic E-state index is 0.0378. The number of carbonyl (C=O) groups excluding carboxylic acids is 2. The fourth-order valence-corrected chi connectivity index (χ4v) is 5.45. The van der Waals surface area contributed by atoms with Gasteiger partial charge < -0.3 is 10.2 Å². The van der Waals surface area contributed by atoms with Crippen molar-refractivity contribution in [3.63, 3.8) is 0 Å². The number of carbonyl (C=O) groups is 2. The first-order chi connectivity index (χ1) is 18.2. The molecule has 0 aromatic heterocycles. The molecule has 0 heterocycles. The van der Waals surface area contributed by atoms with E-state index in [1.807, 2.05) is 42.5 Å². The Balaban J connectivity index is 1.41. The molecule has 2 N–H and O–H groups in total. The van der Waals surface area contributed by atoms with E-state index in [2.05, 4.69) is 10.0 Å². The van der Waals surface area contributed by atoms with Crippen LogP contribution >= 0.6 is 11.6 Å². The van der Waals surface area contributed by atoms with Gasteiger partial charge in [0, 0.05) is 30.6 Å². The molecule has 0 bridgehead atoms. The quantitative estimate of drug-likeness (QED) is 0.346. The Bertz CT molecular complexity index is 1340. The molecule has 0 unspecified atom stereocenters. The maximum absolute atomic E-state index is 13.4. The molecular formula is C29H32ClN3O4S. The summed E-state index contributed by atoms with van der Waals surface area (Å²) >= 11 is 6.02. The molecule has 9 heteroatoms.